The van der Waals surface area contributed by atoms with Gasteiger partial charge in [0.25, 0.3) is 0 Å². The largest absolute Gasteiger partial charge is 0.465 e. The summed E-state index contributed by atoms with van der Waals surface area (Å²) in [6, 6.07) is 6.62. The van der Waals surface area contributed by atoms with Crippen LogP contribution in [0, 0.1) is 5.41 Å². The van der Waals surface area contributed by atoms with Crippen molar-refractivity contribution >= 4 is 17.6 Å². The molecule has 0 aromatic heterocycles. The van der Waals surface area contributed by atoms with Crippen LogP contribution >= 0.6 is 0 Å². The molecule has 1 aromatic rings. The first kappa shape index (κ1) is 13.5. The number of hydrogen-bond donors (Lipinski definition) is 1. The molecule has 1 aromatic carbocycles. The van der Waals surface area contributed by atoms with Crippen molar-refractivity contribution in [2.75, 3.05) is 25.6 Å². The van der Waals surface area contributed by atoms with Crippen molar-refractivity contribution in [3.63, 3.8) is 0 Å². The summed E-state index contributed by atoms with van der Waals surface area (Å²) in [5, 5.41) is 2.85. The lowest BCUT2D eigenvalue weighted by Crippen LogP contribution is -2.51. The maximum atomic E-state index is 12.1. The fourth-order valence-electron chi connectivity index (χ4n) is 1.92. The second-order valence-electron chi connectivity index (χ2n) is 4.65. The van der Waals surface area contributed by atoms with Gasteiger partial charge in [0, 0.05) is 5.69 Å². The number of carbonyl (C=O) groups is 2. The van der Waals surface area contributed by atoms with E-state index >= 15 is 0 Å². The van der Waals surface area contributed by atoms with Crippen molar-refractivity contribution in [2.24, 2.45) is 5.41 Å². The maximum Gasteiger partial charge on any atom is 0.337 e. The van der Waals surface area contributed by atoms with E-state index in [1.165, 1.54) is 7.11 Å². The Morgan fingerprint density at radius 1 is 1.32 bits per heavy atom. The van der Waals surface area contributed by atoms with Gasteiger partial charge >= 0.3 is 5.97 Å². The van der Waals surface area contributed by atoms with E-state index in [1.807, 2.05) is 6.92 Å². The number of anilines is 1. The minimum Gasteiger partial charge on any atom is -0.465 e. The number of amides is 1. The maximum absolute atomic E-state index is 12.1. The van der Waals surface area contributed by atoms with E-state index in [0.29, 0.717) is 24.5 Å². The number of ether oxygens (including phenoxy) is 2. The van der Waals surface area contributed by atoms with Crippen LogP contribution in [0.3, 0.4) is 0 Å². The Morgan fingerprint density at radius 2 is 1.95 bits per heavy atom. The Hall–Kier alpha value is -1.88. The van der Waals surface area contributed by atoms with Crippen molar-refractivity contribution in [3.8, 4) is 0 Å². The molecule has 5 heteroatoms. The normalized spacial score (nSPS) is 16.3. The number of methoxy groups -OCH3 is 1. The number of benzene rings is 1. The third kappa shape index (κ3) is 2.61. The van der Waals surface area contributed by atoms with Gasteiger partial charge in [-0.2, -0.15) is 0 Å². The highest BCUT2D eigenvalue weighted by atomic mass is 16.5. The lowest BCUT2D eigenvalue weighted by atomic mass is 9.82. The summed E-state index contributed by atoms with van der Waals surface area (Å²) in [7, 11) is 1.33. The molecule has 1 aliphatic rings. The van der Waals surface area contributed by atoms with Crippen molar-refractivity contribution in [3.05, 3.63) is 29.8 Å². The average molecular weight is 263 g/mol. The topological polar surface area (TPSA) is 64.6 Å². The van der Waals surface area contributed by atoms with Gasteiger partial charge in [0.1, 0.15) is 0 Å². The summed E-state index contributed by atoms with van der Waals surface area (Å²) in [6.07, 6.45) is 0.749. The summed E-state index contributed by atoms with van der Waals surface area (Å²) in [5.41, 5.74) is 0.719. The number of rotatable bonds is 4. The Balaban J connectivity index is 2.03. The number of carbonyl (C=O) groups excluding carboxylic acids is 2. The van der Waals surface area contributed by atoms with Crippen LogP contribution in [0.15, 0.2) is 24.3 Å². The molecule has 0 bridgehead atoms. The van der Waals surface area contributed by atoms with Gasteiger partial charge in [0.2, 0.25) is 5.91 Å². The third-order valence-electron chi connectivity index (χ3n) is 3.48. The van der Waals surface area contributed by atoms with E-state index in [2.05, 4.69) is 10.1 Å². The van der Waals surface area contributed by atoms with Gasteiger partial charge < -0.3 is 14.8 Å². The Morgan fingerprint density at radius 3 is 2.37 bits per heavy atom. The minimum absolute atomic E-state index is 0.0351. The molecule has 1 heterocycles. The molecule has 0 unspecified atom stereocenters. The van der Waals surface area contributed by atoms with Crippen molar-refractivity contribution in [1.29, 1.82) is 0 Å². The van der Waals surface area contributed by atoms with Crippen LogP contribution in [0.1, 0.15) is 23.7 Å². The first-order valence-electron chi connectivity index (χ1n) is 6.19. The highest BCUT2D eigenvalue weighted by Gasteiger charge is 2.44. The van der Waals surface area contributed by atoms with Crippen LogP contribution in [0.25, 0.3) is 0 Å². The van der Waals surface area contributed by atoms with Gasteiger partial charge in [0.05, 0.1) is 31.3 Å². The third-order valence-corrected chi connectivity index (χ3v) is 3.48. The second-order valence-corrected chi connectivity index (χ2v) is 4.65. The van der Waals surface area contributed by atoms with Crippen LogP contribution in [-0.4, -0.2) is 32.2 Å². The molecule has 0 spiro atoms. The molecule has 1 fully saturated rings. The Labute approximate surface area is 111 Å². The molecule has 102 valence electrons. The van der Waals surface area contributed by atoms with Gasteiger partial charge in [-0.15, -0.1) is 0 Å². The molecule has 2 rings (SSSR count). The van der Waals surface area contributed by atoms with Crippen molar-refractivity contribution in [2.45, 2.75) is 13.3 Å². The summed E-state index contributed by atoms with van der Waals surface area (Å²) in [5.74, 6) is -0.428. The lowest BCUT2D eigenvalue weighted by molar-refractivity contribution is -0.156. The van der Waals surface area contributed by atoms with Gasteiger partial charge in [0.15, 0.2) is 0 Å². The van der Waals surface area contributed by atoms with Gasteiger partial charge in [-0.3, -0.25) is 4.79 Å². The van der Waals surface area contributed by atoms with Gasteiger partial charge in [-0.05, 0) is 30.7 Å². The molecule has 1 saturated heterocycles. The van der Waals surface area contributed by atoms with Crippen LogP contribution in [0.4, 0.5) is 5.69 Å². The molecule has 19 heavy (non-hydrogen) atoms. The van der Waals surface area contributed by atoms with E-state index < -0.39 is 11.4 Å². The monoisotopic (exact) mass is 263 g/mol. The van der Waals surface area contributed by atoms with Crippen molar-refractivity contribution in [1.82, 2.24) is 0 Å². The Bertz CT molecular complexity index is 471. The number of hydrogen-bond acceptors (Lipinski definition) is 4. The molecule has 1 N–H and O–H groups in total. The molecule has 0 atom stereocenters. The van der Waals surface area contributed by atoms with E-state index in [9.17, 15) is 9.59 Å². The van der Waals surface area contributed by atoms with Gasteiger partial charge in [-0.25, -0.2) is 4.79 Å². The first-order valence-corrected chi connectivity index (χ1v) is 6.19. The first-order chi connectivity index (χ1) is 9.11. The molecule has 0 aliphatic carbocycles. The molecule has 5 nitrogen and oxygen atoms in total. The number of esters is 1. The van der Waals surface area contributed by atoms with E-state index in [0.717, 1.165) is 6.42 Å². The average Bonchev–Trinajstić information content (AvgIpc) is 2.38. The quantitative estimate of drug-likeness (QED) is 0.842. The summed E-state index contributed by atoms with van der Waals surface area (Å²) < 4.78 is 9.74. The zero-order chi connectivity index (χ0) is 13.9. The minimum atomic E-state index is -0.402. The lowest BCUT2D eigenvalue weighted by Gasteiger charge is -2.38. The molecule has 0 radical (unpaired) electrons. The Kier molecular flexibility index (Phi) is 3.85. The summed E-state index contributed by atoms with van der Waals surface area (Å²) in [6.45, 7) is 2.91. The zero-order valence-corrected chi connectivity index (χ0v) is 11.1. The predicted octanol–water partition coefficient (Wildman–Crippen LogP) is 1.84. The van der Waals surface area contributed by atoms with E-state index in [-0.39, 0.29) is 5.91 Å². The predicted molar refractivity (Wildman–Crippen MR) is 70.0 cm³/mol. The molecule has 1 aliphatic heterocycles. The summed E-state index contributed by atoms with van der Waals surface area (Å²) >= 11 is 0. The van der Waals surface area contributed by atoms with Crippen LogP contribution in [-0.2, 0) is 14.3 Å². The standard InChI is InChI=1S/C14H17NO4/c1-3-14(8-19-9-14)13(17)15-11-6-4-10(5-7-11)12(16)18-2/h4-7H,3,8-9H2,1-2H3,(H,15,17). The molecular formula is C14H17NO4. The van der Waals surface area contributed by atoms with E-state index in [1.54, 1.807) is 24.3 Å². The molecular weight excluding hydrogens is 246 g/mol. The summed E-state index contributed by atoms with van der Waals surface area (Å²) in [4.78, 5) is 23.4. The number of nitrogens with one attached hydrogen (secondary N) is 1. The highest BCUT2D eigenvalue weighted by Crippen LogP contribution is 2.32. The fourth-order valence-corrected chi connectivity index (χ4v) is 1.92. The van der Waals surface area contributed by atoms with Gasteiger partial charge in [-0.1, -0.05) is 6.92 Å². The van der Waals surface area contributed by atoms with Crippen LogP contribution < -0.4 is 5.32 Å². The van der Waals surface area contributed by atoms with Crippen LogP contribution in [0.2, 0.25) is 0 Å². The fraction of sp³-hybridized carbons (Fsp3) is 0.429. The van der Waals surface area contributed by atoms with E-state index in [4.69, 9.17) is 4.74 Å². The second kappa shape index (κ2) is 5.40. The molecule has 1 amide bonds. The highest BCUT2D eigenvalue weighted by molar-refractivity contribution is 5.96. The smallest absolute Gasteiger partial charge is 0.337 e. The molecule has 0 saturated carbocycles. The SMILES string of the molecule is CCC1(C(=O)Nc2ccc(C(=O)OC)cc2)COC1. The van der Waals surface area contributed by atoms with Crippen LogP contribution in [0.5, 0.6) is 0 Å². The zero-order valence-electron chi connectivity index (χ0n) is 11.1. The van der Waals surface area contributed by atoms with Crippen molar-refractivity contribution < 1.29 is 19.1 Å².